The maximum atomic E-state index is 12.8. The molecule has 2 aromatic rings. The molecule has 2 fully saturated rings. The number of amides is 1. The first-order valence-electron chi connectivity index (χ1n) is 10.3. The molecule has 0 aromatic heterocycles. The largest absolute Gasteiger partial charge is 0.322 e. The van der Waals surface area contributed by atoms with Crippen molar-refractivity contribution >= 4 is 21.6 Å². The van der Waals surface area contributed by atoms with E-state index in [1.165, 1.54) is 19.3 Å². The van der Waals surface area contributed by atoms with Gasteiger partial charge in [-0.1, -0.05) is 24.1 Å². The van der Waals surface area contributed by atoms with Crippen LogP contribution in [0, 0.1) is 24.7 Å². The molecule has 0 radical (unpaired) electrons. The van der Waals surface area contributed by atoms with E-state index in [0.29, 0.717) is 23.1 Å². The van der Waals surface area contributed by atoms with Crippen LogP contribution in [0.25, 0.3) is 0 Å². The summed E-state index contributed by atoms with van der Waals surface area (Å²) >= 11 is 0. The van der Waals surface area contributed by atoms with Gasteiger partial charge in [0, 0.05) is 17.3 Å². The molecule has 4 unspecified atom stereocenters. The van der Waals surface area contributed by atoms with E-state index in [4.69, 9.17) is 0 Å². The minimum Gasteiger partial charge on any atom is -0.322 e. The van der Waals surface area contributed by atoms with Crippen LogP contribution in [0.2, 0.25) is 0 Å². The van der Waals surface area contributed by atoms with Crippen LogP contribution in [-0.2, 0) is 10.0 Å². The molecular formula is C23H28N2O3S. The highest BCUT2D eigenvalue weighted by molar-refractivity contribution is 7.89. The Balaban J connectivity index is 1.40. The van der Waals surface area contributed by atoms with Crippen molar-refractivity contribution in [2.75, 3.05) is 5.32 Å². The molecule has 0 heterocycles. The van der Waals surface area contributed by atoms with Gasteiger partial charge in [0.05, 0.1) is 4.90 Å². The van der Waals surface area contributed by atoms with E-state index in [1.54, 1.807) is 36.4 Å². The van der Waals surface area contributed by atoms with Crippen LogP contribution in [0.15, 0.2) is 53.4 Å². The Labute approximate surface area is 173 Å². The number of nitrogens with one attached hydrogen (secondary N) is 2. The number of aryl methyl sites for hydroxylation is 1. The molecule has 2 bridgehead atoms. The van der Waals surface area contributed by atoms with Crippen LogP contribution < -0.4 is 10.0 Å². The summed E-state index contributed by atoms with van der Waals surface area (Å²) in [6.07, 6.45) is 4.93. The first-order valence-corrected chi connectivity index (χ1v) is 11.8. The molecule has 2 saturated carbocycles. The summed E-state index contributed by atoms with van der Waals surface area (Å²) in [5.74, 6) is 1.67. The summed E-state index contributed by atoms with van der Waals surface area (Å²) < 4.78 is 28.5. The Hall–Kier alpha value is -2.18. The third-order valence-corrected chi connectivity index (χ3v) is 8.09. The number of rotatable bonds is 6. The van der Waals surface area contributed by atoms with E-state index in [9.17, 15) is 13.2 Å². The lowest BCUT2D eigenvalue weighted by molar-refractivity contribution is 0.102. The van der Waals surface area contributed by atoms with E-state index in [0.717, 1.165) is 17.9 Å². The van der Waals surface area contributed by atoms with E-state index in [2.05, 4.69) is 10.0 Å². The Kier molecular flexibility index (Phi) is 5.49. The molecule has 4 atom stereocenters. The van der Waals surface area contributed by atoms with Gasteiger partial charge < -0.3 is 5.32 Å². The first-order chi connectivity index (χ1) is 13.8. The Morgan fingerprint density at radius 3 is 2.28 bits per heavy atom. The lowest BCUT2D eigenvalue weighted by Crippen LogP contribution is -2.40. The predicted octanol–water partition coefficient (Wildman–Crippen LogP) is 4.35. The minimum atomic E-state index is -3.58. The van der Waals surface area contributed by atoms with Crippen molar-refractivity contribution in [3.05, 3.63) is 59.7 Å². The summed E-state index contributed by atoms with van der Waals surface area (Å²) in [6.45, 7) is 3.95. The van der Waals surface area contributed by atoms with E-state index in [1.807, 2.05) is 26.0 Å². The summed E-state index contributed by atoms with van der Waals surface area (Å²) in [5, 5.41) is 2.81. The van der Waals surface area contributed by atoms with E-state index < -0.39 is 10.0 Å². The van der Waals surface area contributed by atoms with Gasteiger partial charge in [-0.05, 0) is 87.3 Å². The van der Waals surface area contributed by atoms with E-state index >= 15 is 0 Å². The lowest BCUT2D eigenvalue weighted by atomic mass is 9.84. The Morgan fingerprint density at radius 2 is 1.69 bits per heavy atom. The van der Waals surface area contributed by atoms with Gasteiger partial charge in [-0.3, -0.25) is 4.79 Å². The third-order valence-electron chi connectivity index (χ3n) is 6.51. The van der Waals surface area contributed by atoms with Crippen LogP contribution in [-0.4, -0.2) is 20.4 Å². The number of sulfonamides is 1. The van der Waals surface area contributed by atoms with Gasteiger partial charge in [0.25, 0.3) is 5.91 Å². The van der Waals surface area contributed by atoms with Crippen LogP contribution in [0.5, 0.6) is 0 Å². The molecule has 2 aromatic carbocycles. The molecule has 5 nitrogen and oxygen atoms in total. The molecule has 154 valence electrons. The zero-order valence-corrected chi connectivity index (χ0v) is 17.7. The van der Waals surface area contributed by atoms with Crippen LogP contribution in [0.1, 0.15) is 48.5 Å². The highest BCUT2D eigenvalue weighted by Gasteiger charge is 2.42. The standard InChI is InChI=1S/C23H28N2O3S/c1-15-3-6-18(7-4-15)23(26)24-20-9-11-21(12-10-20)29(27,28)25-16(2)22-14-17-5-8-19(22)13-17/h3-4,6-7,9-12,16-17,19,22,25H,5,8,13-14H2,1-2H3,(H,24,26). The van der Waals surface area contributed by atoms with Gasteiger partial charge in [-0.15, -0.1) is 0 Å². The molecule has 2 aliphatic carbocycles. The van der Waals surface area contributed by atoms with Crippen molar-refractivity contribution in [1.82, 2.24) is 4.72 Å². The third kappa shape index (κ3) is 4.38. The molecule has 0 spiro atoms. The molecule has 0 saturated heterocycles. The molecule has 2 N–H and O–H groups in total. The molecular weight excluding hydrogens is 384 g/mol. The van der Waals surface area contributed by atoms with Gasteiger partial charge in [0.2, 0.25) is 10.0 Å². The summed E-state index contributed by atoms with van der Waals surface area (Å²) in [6, 6.07) is 13.6. The molecule has 6 heteroatoms. The van der Waals surface area contributed by atoms with Crippen molar-refractivity contribution in [3.8, 4) is 0 Å². The number of hydrogen-bond donors (Lipinski definition) is 2. The zero-order valence-electron chi connectivity index (χ0n) is 16.9. The normalized spacial score (nSPS) is 24.4. The second-order valence-corrected chi connectivity index (χ2v) is 10.3. The topological polar surface area (TPSA) is 75.3 Å². The molecule has 2 aliphatic rings. The van der Waals surface area contributed by atoms with Gasteiger partial charge in [-0.25, -0.2) is 13.1 Å². The average Bonchev–Trinajstić information content (AvgIpc) is 3.32. The maximum Gasteiger partial charge on any atom is 0.255 e. The van der Waals surface area contributed by atoms with Crippen LogP contribution in [0.4, 0.5) is 5.69 Å². The summed E-state index contributed by atoms with van der Waals surface area (Å²) in [4.78, 5) is 12.5. The Morgan fingerprint density at radius 1 is 1.00 bits per heavy atom. The van der Waals surface area contributed by atoms with Crippen molar-refractivity contribution in [2.24, 2.45) is 17.8 Å². The van der Waals surface area contributed by atoms with Crippen molar-refractivity contribution in [1.29, 1.82) is 0 Å². The van der Waals surface area contributed by atoms with Gasteiger partial charge in [0.15, 0.2) is 0 Å². The quantitative estimate of drug-likeness (QED) is 0.741. The number of hydrogen-bond acceptors (Lipinski definition) is 3. The predicted molar refractivity (Wildman–Crippen MR) is 114 cm³/mol. The number of anilines is 1. The van der Waals surface area contributed by atoms with Crippen LogP contribution >= 0.6 is 0 Å². The first kappa shape index (κ1) is 20.1. The SMILES string of the molecule is Cc1ccc(C(=O)Nc2ccc(S(=O)(=O)NC(C)C3CC4CCC3C4)cc2)cc1. The van der Waals surface area contributed by atoms with Crippen molar-refractivity contribution in [3.63, 3.8) is 0 Å². The number of carbonyl (C=O) groups is 1. The second kappa shape index (κ2) is 7.92. The average molecular weight is 413 g/mol. The lowest BCUT2D eigenvalue weighted by Gasteiger charge is -2.28. The fraction of sp³-hybridized carbons (Fsp3) is 0.435. The highest BCUT2D eigenvalue weighted by atomic mass is 32.2. The summed E-state index contributed by atoms with van der Waals surface area (Å²) in [5.41, 5.74) is 2.22. The second-order valence-electron chi connectivity index (χ2n) is 8.59. The summed E-state index contributed by atoms with van der Waals surface area (Å²) in [7, 11) is -3.58. The van der Waals surface area contributed by atoms with E-state index in [-0.39, 0.29) is 16.8 Å². The number of benzene rings is 2. The number of carbonyl (C=O) groups excluding carboxylic acids is 1. The van der Waals surface area contributed by atoms with Crippen molar-refractivity contribution < 1.29 is 13.2 Å². The minimum absolute atomic E-state index is 0.0591. The molecule has 29 heavy (non-hydrogen) atoms. The van der Waals surface area contributed by atoms with Gasteiger partial charge in [-0.2, -0.15) is 0 Å². The zero-order chi connectivity index (χ0) is 20.6. The molecule has 0 aliphatic heterocycles. The monoisotopic (exact) mass is 412 g/mol. The van der Waals surface area contributed by atoms with Crippen LogP contribution in [0.3, 0.4) is 0 Å². The van der Waals surface area contributed by atoms with Gasteiger partial charge in [0.1, 0.15) is 0 Å². The highest BCUT2D eigenvalue weighted by Crippen LogP contribution is 2.49. The van der Waals surface area contributed by atoms with Crippen molar-refractivity contribution in [2.45, 2.75) is 50.5 Å². The fourth-order valence-corrected chi connectivity index (χ4v) is 6.23. The van der Waals surface area contributed by atoms with Gasteiger partial charge >= 0.3 is 0 Å². The maximum absolute atomic E-state index is 12.8. The Bertz CT molecular complexity index is 984. The fourth-order valence-electron chi connectivity index (χ4n) is 4.93. The smallest absolute Gasteiger partial charge is 0.255 e. The molecule has 1 amide bonds. The number of fused-ring (bicyclic) bond motifs is 2. The molecule has 4 rings (SSSR count).